The van der Waals surface area contributed by atoms with Crippen LogP contribution in [0.4, 0.5) is 0 Å². The number of benzene rings is 4. The van der Waals surface area contributed by atoms with E-state index in [0.717, 1.165) is 27.5 Å². The Morgan fingerprint density at radius 2 is 1.04 bits per heavy atom. The second kappa shape index (κ2) is 8.29. The highest BCUT2D eigenvalue weighted by atomic mass is 31.2. The minimum absolute atomic E-state index is 0.116. The number of ether oxygens (including phenoxy) is 1. The zero-order valence-corrected chi connectivity index (χ0v) is 16.3. The van der Waals surface area contributed by atoms with Crippen LogP contribution in [0.5, 0.6) is 5.75 Å². The molecular formula is C25H21O2P. The van der Waals surface area contributed by atoms with Crippen LogP contribution in [0.25, 0.3) is 11.1 Å². The fourth-order valence-corrected chi connectivity index (χ4v) is 5.47. The fraction of sp³-hybridized carbons (Fsp3) is 0.0400. The van der Waals surface area contributed by atoms with E-state index in [1.165, 1.54) is 0 Å². The van der Waals surface area contributed by atoms with Crippen molar-refractivity contribution in [1.82, 2.24) is 0 Å². The molecule has 4 aromatic carbocycles. The lowest BCUT2D eigenvalue weighted by Gasteiger charge is -2.21. The summed E-state index contributed by atoms with van der Waals surface area (Å²) in [5.74, 6) is 0.737. The molecule has 0 aliphatic rings. The summed E-state index contributed by atoms with van der Waals surface area (Å²) in [5.41, 5.74) is 2.07. The van der Waals surface area contributed by atoms with Gasteiger partial charge in [0.15, 0.2) is 7.14 Å². The predicted molar refractivity (Wildman–Crippen MR) is 117 cm³/mol. The van der Waals surface area contributed by atoms with Gasteiger partial charge < -0.3 is 9.30 Å². The zero-order chi connectivity index (χ0) is 19.2. The van der Waals surface area contributed by atoms with Gasteiger partial charge in [0.05, 0.1) is 0 Å². The summed E-state index contributed by atoms with van der Waals surface area (Å²) in [6, 6.07) is 37.2. The fourth-order valence-electron chi connectivity index (χ4n) is 3.24. The van der Waals surface area contributed by atoms with Crippen LogP contribution in [0.15, 0.2) is 115 Å². The maximum Gasteiger partial charge on any atom is 0.178 e. The minimum atomic E-state index is -2.92. The zero-order valence-electron chi connectivity index (χ0n) is 15.4. The quantitative estimate of drug-likeness (QED) is 0.398. The van der Waals surface area contributed by atoms with E-state index in [0.29, 0.717) is 0 Å². The summed E-state index contributed by atoms with van der Waals surface area (Å²) in [5, 5.41) is 1.61. The Balaban J connectivity index is 1.70. The first kappa shape index (κ1) is 18.3. The van der Waals surface area contributed by atoms with E-state index < -0.39 is 7.14 Å². The Labute approximate surface area is 165 Å². The molecule has 0 saturated heterocycles. The van der Waals surface area contributed by atoms with Crippen LogP contribution in [-0.2, 0) is 4.57 Å². The topological polar surface area (TPSA) is 26.3 Å². The largest absolute Gasteiger partial charge is 0.485 e. The molecule has 0 radical (unpaired) electrons. The molecule has 0 aromatic heterocycles. The molecule has 28 heavy (non-hydrogen) atoms. The van der Waals surface area contributed by atoms with Gasteiger partial charge in [-0.2, -0.15) is 0 Å². The summed E-state index contributed by atoms with van der Waals surface area (Å²) in [6.45, 7) is 0. The summed E-state index contributed by atoms with van der Waals surface area (Å²) in [7, 11) is -2.92. The molecule has 0 atom stereocenters. The highest BCUT2D eigenvalue weighted by Crippen LogP contribution is 2.44. The number of rotatable bonds is 6. The van der Waals surface area contributed by atoms with Gasteiger partial charge >= 0.3 is 0 Å². The second-order valence-electron chi connectivity index (χ2n) is 6.55. The van der Waals surface area contributed by atoms with Crippen LogP contribution in [0.2, 0.25) is 0 Å². The first-order valence-corrected chi connectivity index (χ1v) is 11.1. The molecule has 0 aliphatic heterocycles. The van der Waals surface area contributed by atoms with Crippen molar-refractivity contribution in [3.63, 3.8) is 0 Å². The molecule has 0 unspecified atom stereocenters. The van der Waals surface area contributed by atoms with E-state index in [2.05, 4.69) is 12.1 Å². The van der Waals surface area contributed by atoms with Crippen molar-refractivity contribution in [3.8, 4) is 16.9 Å². The molecule has 0 amide bonds. The molecule has 0 spiro atoms. The van der Waals surface area contributed by atoms with Crippen LogP contribution in [0, 0.1) is 0 Å². The lowest BCUT2D eigenvalue weighted by atomic mass is 10.1. The van der Waals surface area contributed by atoms with Crippen LogP contribution >= 0.6 is 7.14 Å². The van der Waals surface area contributed by atoms with E-state index in [9.17, 15) is 4.57 Å². The van der Waals surface area contributed by atoms with Crippen LogP contribution in [0.3, 0.4) is 0 Å². The van der Waals surface area contributed by atoms with Crippen molar-refractivity contribution < 1.29 is 9.30 Å². The molecule has 0 fully saturated rings. The van der Waals surface area contributed by atoms with Crippen molar-refractivity contribution in [2.45, 2.75) is 0 Å². The molecule has 0 bridgehead atoms. The van der Waals surface area contributed by atoms with Gasteiger partial charge in [-0.1, -0.05) is 109 Å². The first-order chi connectivity index (χ1) is 13.8. The highest BCUT2D eigenvalue weighted by Gasteiger charge is 2.28. The van der Waals surface area contributed by atoms with Crippen LogP contribution < -0.4 is 15.3 Å². The number of hydrogen-bond acceptors (Lipinski definition) is 2. The van der Waals surface area contributed by atoms with Gasteiger partial charge in [0, 0.05) is 16.2 Å². The second-order valence-corrected chi connectivity index (χ2v) is 9.32. The molecule has 3 heteroatoms. The van der Waals surface area contributed by atoms with E-state index in [1.807, 2.05) is 103 Å². The van der Waals surface area contributed by atoms with Crippen molar-refractivity contribution in [3.05, 3.63) is 115 Å². The Morgan fingerprint density at radius 1 is 0.571 bits per heavy atom. The molecule has 138 valence electrons. The van der Waals surface area contributed by atoms with Gasteiger partial charge in [0.2, 0.25) is 0 Å². The predicted octanol–water partition coefficient (Wildman–Crippen LogP) is 5.70. The summed E-state index contributed by atoms with van der Waals surface area (Å²) in [4.78, 5) is 0. The molecule has 0 saturated carbocycles. The lowest BCUT2D eigenvalue weighted by molar-refractivity contribution is 0.381. The monoisotopic (exact) mass is 384 g/mol. The molecule has 4 aromatic rings. The van der Waals surface area contributed by atoms with Crippen molar-refractivity contribution in [1.29, 1.82) is 0 Å². The van der Waals surface area contributed by atoms with Gasteiger partial charge in [-0.25, -0.2) is 0 Å². The maximum absolute atomic E-state index is 14.1. The first-order valence-electron chi connectivity index (χ1n) is 9.25. The molecule has 4 rings (SSSR count). The van der Waals surface area contributed by atoms with Gasteiger partial charge in [-0.05, 0) is 11.6 Å². The van der Waals surface area contributed by atoms with E-state index in [-0.39, 0.29) is 6.35 Å². The maximum atomic E-state index is 14.1. The average Bonchev–Trinajstić information content (AvgIpc) is 2.79. The Morgan fingerprint density at radius 3 is 1.61 bits per heavy atom. The Hall–Kier alpha value is -3.09. The molecule has 0 N–H and O–H groups in total. The number of hydrogen-bond donors (Lipinski definition) is 0. The Bertz CT molecular complexity index is 1030. The van der Waals surface area contributed by atoms with Gasteiger partial charge in [-0.3, -0.25) is 0 Å². The standard InChI is InChI=1S/C25H21O2P/c26-28(22-14-6-2-7-15-22,23-16-8-3-9-17-23)20-27-25-19-11-10-18-24(25)21-12-4-1-5-13-21/h1-19H,20H2. The minimum Gasteiger partial charge on any atom is -0.485 e. The molecule has 0 heterocycles. The highest BCUT2D eigenvalue weighted by molar-refractivity contribution is 7.78. The normalized spacial score (nSPS) is 11.1. The summed E-state index contributed by atoms with van der Waals surface area (Å²) in [6.07, 6.45) is 0.116. The molecule has 2 nitrogen and oxygen atoms in total. The van der Waals surface area contributed by atoms with Crippen molar-refractivity contribution >= 4 is 17.8 Å². The third-order valence-corrected chi connectivity index (χ3v) is 7.48. The number of para-hydroxylation sites is 1. The van der Waals surface area contributed by atoms with E-state index in [4.69, 9.17) is 4.74 Å². The lowest BCUT2D eigenvalue weighted by Crippen LogP contribution is -2.21. The molecule has 0 aliphatic carbocycles. The average molecular weight is 384 g/mol. The SMILES string of the molecule is O=P(COc1ccccc1-c1ccccc1)(c1ccccc1)c1ccccc1. The van der Waals surface area contributed by atoms with E-state index >= 15 is 0 Å². The van der Waals surface area contributed by atoms with E-state index in [1.54, 1.807) is 0 Å². The van der Waals surface area contributed by atoms with Crippen LogP contribution in [0.1, 0.15) is 0 Å². The summed E-state index contributed by atoms with van der Waals surface area (Å²) >= 11 is 0. The van der Waals surface area contributed by atoms with Crippen LogP contribution in [-0.4, -0.2) is 6.35 Å². The third-order valence-electron chi connectivity index (χ3n) is 4.72. The van der Waals surface area contributed by atoms with Gasteiger partial charge in [-0.15, -0.1) is 0 Å². The third kappa shape index (κ3) is 3.78. The smallest absolute Gasteiger partial charge is 0.178 e. The Kier molecular flexibility index (Phi) is 5.41. The summed E-state index contributed by atoms with van der Waals surface area (Å²) < 4.78 is 20.3. The van der Waals surface area contributed by atoms with Gasteiger partial charge in [0.25, 0.3) is 0 Å². The van der Waals surface area contributed by atoms with Crippen molar-refractivity contribution in [2.75, 3.05) is 6.35 Å². The van der Waals surface area contributed by atoms with Crippen molar-refractivity contribution in [2.24, 2.45) is 0 Å². The molecular weight excluding hydrogens is 363 g/mol. The van der Waals surface area contributed by atoms with Gasteiger partial charge in [0.1, 0.15) is 12.1 Å².